The molecule has 0 saturated heterocycles. The summed E-state index contributed by atoms with van der Waals surface area (Å²) >= 11 is 0. The average Bonchev–Trinajstić information content (AvgIpc) is 1.98. The van der Waals surface area contributed by atoms with Crippen LogP contribution in [-0.4, -0.2) is 5.71 Å². The second kappa shape index (κ2) is 4.98. The molecular weight excluding hydrogens is 122 g/mol. The maximum absolute atomic E-state index is 4.18. The van der Waals surface area contributed by atoms with Crippen LogP contribution in [0.25, 0.3) is 0 Å². The molecule has 0 radical (unpaired) electrons. The van der Waals surface area contributed by atoms with E-state index in [0.717, 1.165) is 5.71 Å². The molecule has 0 aromatic heterocycles. The zero-order valence-electron chi connectivity index (χ0n) is 7.18. The van der Waals surface area contributed by atoms with Crippen LogP contribution in [0.15, 0.2) is 28.9 Å². The molecule has 0 unspecified atom stereocenters. The number of hydrogen-bond acceptors (Lipinski definition) is 1. The van der Waals surface area contributed by atoms with Crippen LogP contribution in [0.4, 0.5) is 0 Å². The summed E-state index contributed by atoms with van der Waals surface area (Å²) in [6.07, 6.45) is 5.79. The summed E-state index contributed by atoms with van der Waals surface area (Å²) in [6.45, 7) is 8.05. The Bertz CT molecular complexity index is 173. The number of allylic oxidation sites excluding steroid dienone is 3. The third-order valence-electron chi connectivity index (χ3n) is 1.42. The van der Waals surface area contributed by atoms with Crippen LogP contribution in [0.3, 0.4) is 0 Å². The monoisotopic (exact) mass is 137 g/mol. The Hall–Kier alpha value is -0.850. The zero-order chi connectivity index (χ0) is 7.98. The van der Waals surface area contributed by atoms with E-state index >= 15 is 0 Å². The van der Waals surface area contributed by atoms with E-state index in [1.54, 1.807) is 0 Å². The van der Waals surface area contributed by atoms with Gasteiger partial charge in [-0.1, -0.05) is 12.2 Å². The van der Waals surface area contributed by atoms with Crippen LogP contribution in [-0.2, 0) is 0 Å². The van der Waals surface area contributed by atoms with E-state index in [1.165, 1.54) is 5.57 Å². The summed E-state index contributed by atoms with van der Waals surface area (Å²) in [7, 11) is 0. The highest BCUT2D eigenvalue weighted by Crippen LogP contribution is 1.95. The molecule has 0 aliphatic heterocycles. The number of aliphatic imine (C=N–C) groups is 1. The third kappa shape index (κ3) is 3.23. The molecule has 0 aromatic carbocycles. The molecule has 0 amide bonds. The molecule has 10 heavy (non-hydrogen) atoms. The molecule has 0 rings (SSSR count). The molecule has 0 atom stereocenters. The first-order valence-corrected chi connectivity index (χ1v) is 3.51. The van der Waals surface area contributed by atoms with Crippen molar-refractivity contribution in [3.8, 4) is 0 Å². The van der Waals surface area contributed by atoms with E-state index in [4.69, 9.17) is 0 Å². The Morgan fingerprint density at radius 1 is 1.20 bits per heavy atom. The molecule has 1 heteroatoms. The predicted octanol–water partition coefficient (Wildman–Crippen LogP) is 2.95. The van der Waals surface area contributed by atoms with Crippen molar-refractivity contribution in [3.63, 3.8) is 0 Å². The van der Waals surface area contributed by atoms with E-state index in [9.17, 15) is 0 Å². The van der Waals surface area contributed by atoms with Crippen LogP contribution >= 0.6 is 0 Å². The highest BCUT2D eigenvalue weighted by atomic mass is 14.7. The minimum absolute atomic E-state index is 1.08. The molecule has 0 heterocycles. The molecule has 0 N–H and O–H groups in total. The molecular formula is C9H15N. The van der Waals surface area contributed by atoms with E-state index in [1.807, 2.05) is 33.0 Å². The maximum Gasteiger partial charge on any atom is 0.0398 e. The summed E-state index contributed by atoms with van der Waals surface area (Å²) in [5.41, 5.74) is 2.32. The molecule has 56 valence electrons. The molecule has 0 saturated carbocycles. The molecule has 0 aliphatic rings. The van der Waals surface area contributed by atoms with Crippen molar-refractivity contribution in [1.82, 2.24) is 0 Å². The molecule has 1 nitrogen and oxygen atoms in total. The third-order valence-corrected chi connectivity index (χ3v) is 1.42. The van der Waals surface area contributed by atoms with Gasteiger partial charge in [0.25, 0.3) is 0 Å². The lowest BCUT2D eigenvalue weighted by atomic mass is 10.2. The fraction of sp³-hybridized carbons (Fsp3) is 0.444. The Balaban J connectivity index is 4.19. The van der Waals surface area contributed by atoms with Gasteiger partial charge in [0.1, 0.15) is 0 Å². The van der Waals surface area contributed by atoms with Crippen molar-refractivity contribution in [2.24, 2.45) is 4.99 Å². The van der Waals surface area contributed by atoms with Gasteiger partial charge in [-0.3, -0.25) is 4.99 Å². The number of rotatable bonds is 2. The molecule has 0 aliphatic carbocycles. The lowest BCUT2D eigenvalue weighted by Gasteiger charge is -1.94. The SMILES string of the molecule is C\C=C(C)/C(C)=N/C=C/C. The number of nitrogens with zero attached hydrogens (tertiary/aromatic N) is 1. The highest BCUT2D eigenvalue weighted by Gasteiger charge is 1.88. The molecule has 0 spiro atoms. The average molecular weight is 137 g/mol. The quantitative estimate of drug-likeness (QED) is 0.519. The van der Waals surface area contributed by atoms with Gasteiger partial charge in [-0.15, -0.1) is 0 Å². The second-order valence-electron chi connectivity index (χ2n) is 2.17. The van der Waals surface area contributed by atoms with Gasteiger partial charge in [-0.2, -0.15) is 0 Å². The summed E-state index contributed by atoms with van der Waals surface area (Å²) in [5.74, 6) is 0. The Kier molecular flexibility index (Phi) is 4.55. The lowest BCUT2D eigenvalue weighted by Crippen LogP contribution is -1.90. The van der Waals surface area contributed by atoms with Gasteiger partial charge >= 0.3 is 0 Å². The normalized spacial score (nSPS) is 14.8. The van der Waals surface area contributed by atoms with Crippen molar-refractivity contribution in [2.75, 3.05) is 0 Å². The fourth-order valence-corrected chi connectivity index (χ4v) is 0.497. The van der Waals surface area contributed by atoms with Gasteiger partial charge in [-0.05, 0) is 33.3 Å². The summed E-state index contributed by atoms with van der Waals surface area (Å²) < 4.78 is 0. The first kappa shape index (κ1) is 9.15. The Labute approximate surface area is 63.2 Å². The fourth-order valence-electron chi connectivity index (χ4n) is 0.497. The standard InChI is InChI=1S/C9H15N/c1-5-7-10-9(4)8(3)6-2/h5-7H,1-4H3/b7-5+,8-6-,10-9+. The molecule has 0 bridgehead atoms. The number of hydrogen-bond donors (Lipinski definition) is 0. The maximum atomic E-state index is 4.18. The van der Waals surface area contributed by atoms with Gasteiger partial charge < -0.3 is 0 Å². The smallest absolute Gasteiger partial charge is 0.0398 e. The molecule has 0 aromatic rings. The topological polar surface area (TPSA) is 12.4 Å². The van der Waals surface area contributed by atoms with Crippen LogP contribution in [0.2, 0.25) is 0 Å². The van der Waals surface area contributed by atoms with Gasteiger partial charge in [0.05, 0.1) is 0 Å². The van der Waals surface area contributed by atoms with Crippen LogP contribution in [0, 0.1) is 0 Å². The van der Waals surface area contributed by atoms with Gasteiger partial charge in [0.2, 0.25) is 0 Å². The minimum Gasteiger partial charge on any atom is -0.262 e. The lowest BCUT2D eigenvalue weighted by molar-refractivity contribution is 1.43. The van der Waals surface area contributed by atoms with E-state index in [-0.39, 0.29) is 0 Å². The zero-order valence-corrected chi connectivity index (χ0v) is 7.18. The van der Waals surface area contributed by atoms with Crippen molar-refractivity contribution < 1.29 is 0 Å². The summed E-state index contributed by atoms with van der Waals surface area (Å²) in [5, 5.41) is 0. The van der Waals surface area contributed by atoms with Crippen LogP contribution < -0.4 is 0 Å². The van der Waals surface area contributed by atoms with Gasteiger partial charge in [-0.25, -0.2) is 0 Å². The van der Waals surface area contributed by atoms with Crippen molar-refractivity contribution in [3.05, 3.63) is 23.9 Å². The molecule has 0 fully saturated rings. The van der Waals surface area contributed by atoms with Gasteiger partial charge in [0.15, 0.2) is 0 Å². The van der Waals surface area contributed by atoms with Crippen molar-refractivity contribution >= 4 is 5.71 Å². The first-order valence-electron chi connectivity index (χ1n) is 3.51. The minimum atomic E-state index is 1.08. The van der Waals surface area contributed by atoms with E-state index in [0.29, 0.717) is 0 Å². The highest BCUT2D eigenvalue weighted by molar-refractivity contribution is 5.97. The van der Waals surface area contributed by atoms with Crippen LogP contribution in [0.1, 0.15) is 27.7 Å². The Morgan fingerprint density at radius 3 is 2.20 bits per heavy atom. The summed E-state index contributed by atoms with van der Waals surface area (Å²) in [4.78, 5) is 4.18. The van der Waals surface area contributed by atoms with Crippen molar-refractivity contribution in [2.45, 2.75) is 27.7 Å². The van der Waals surface area contributed by atoms with Gasteiger partial charge in [0, 0.05) is 11.9 Å². The van der Waals surface area contributed by atoms with E-state index < -0.39 is 0 Å². The Morgan fingerprint density at radius 2 is 1.80 bits per heavy atom. The van der Waals surface area contributed by atoms with E-state index in [2.05, 4.69) is 18.0 Å². The summed E-state index contributed by atoms with van der Waals surface area (Å²) in [6, 6.07) is 0. The predicted molar refractivity (Wildman–Crippen MR) is 47.4 cm³/mol. The second-order valence-corrected chi connectivity index (χ2v) is 2.17. The van der Waals surface area contributed by atoms with Crippen molar-refractivity contribution in [1.29, 1.82) is 0 Å². The largest absolute Gasteiger partial charge is 0.262 e. The van der Waals surface area contributed by atoms with Crippen LogP contribution in [0.5, 0.6) is 0 Å². The first-order chi connectivity index (χ1) is 4.72.